The molecule has 0 spiro atoms. The molecular weight excluding hydrogens is 594 g/mol. The molecule has 14 heteroatoms. The van der Waals surface area contributed by atoms with Crippen molar-refractivity contribution in [3.05, 3.63) is 0 Å². The Hall–Kier alpha value is -2.93. The van der Waals surface area contributed by atoms with Gasteiger partial charge in [0.2, 0.25) is 23.6 Å². The third kappa shape index (κ3) is 8.83. The first-order chi connectivity index (χ1) is 20.6. The van der Waals surface area contributed by atoms with E-state index in [0.717, 1.165) is 0 Å². The molecule has 250 valence electrons. The second-order valence-corrected chi connectivity index (χ2v) is 12.7. The van der Waals surface area contributed by atoms with Crippen molar-refractivity contribution in [1.29, 1.82) is 0 Å². The molecule has 5 amide bonds. The summed E-state index contributed by atoms with van der Waals surface area (Å²) in [6.45, 7) is 10.7. The van der Waals surface area contributed by atoms with Gasteiger partial charge in [0.15, 0.2) is 6.10 Å². The summed E-state index contributed by atoms with van der Waals surface area (Å²) in [5.74, 6) is -4.55. The molecule has 3 N–H and O–H groups in total. The number of carbonyl (C=O) groups excluding carboxylic acids is 6. The van der Waals surface area contributed by atoms with Gasteiger partial charge in [-0.3, -0.25) is 28.8 Å². The lowest BCUT2D eigenvalue weighted by molar-refractivity contribution is -0.163. The Morgan fingerprint density at radius 2 is 1.61 bits per heavy atom. The van der Waals surface area contributed by atoms with Crippen molar-refractivity contribution in [1.82, 2.24) is 25.3 Å². The molecule has 2 aliphatic rings. The van der Waals surface area contributed by atoms with Gasteiger partial charge < -0.3 is 35.2 Å². The number of hydrogen-bond donors (Lipinski definition) is 3. The second-order valence-electron chi connectivity index (χ2n) is 12.4. The highest BCUT2D eigenvalue weighted by Gasteiger charge is 2.45. The van der Waals surface area contributed by atoms with Crippen LogP contribution in [0.1, 0.15) is 67.2 Å². The summed E-state index contributed by atoms with van der Waals surface area (Å²) in [6, 6.07) is -3.83. The Kier molecular flexibility index (Phi) is 13.9. The number of nitrogens with one attached hydrogen (secondary N) is 2. The predicted octanol–water partition coefficient (Wildman–Crippen LogP) is 0.506. The fourth-order valence-corrected chi connectivity index (χ4v) is 5.82. The molecule has 1 unspecified atom stereocenters. The van der Waals surface area contributed by atoms with E-state index in [0.29, 0.717) is 12.8 Å². The highest BCUT2D eigenvalue weighted by Crippen LogP contribution is 2.27. The van der Waals surface area contributed by atoms with E-state index in [2.05, 4.69) is 10.6 Å². The first-order valence-corrected chi connectivity index (χ1v) is 16.0. The van der Waals surface area contributed by atoms with Gasteiger partial charge in [0.05, 0.1) is 12.5 Å². The van der Waals surface area contributed by atoms with Crippen LogP contribution in [0.4, 0.5) is 0 Å². The van der Waals surface area contributed by atoms with Crippen LogP contribution in [0.5, 0.6) is 0 Å². The molecule has 2 rings (SSSR count). The molecular formula is C30H50ClN5O8. The van der Waals surface area contributed by atoms with Crippen molar-refractivity contribution in [2.45, 2.75) is 104 Å². The number of cyclic esters (lactones) is 1. The maximum atomic E-state index is 14.0. The van der Waals surface area contributed by atoms with E-state index in [-0.39, 0.29) is 49.6 Å². The van der Waals surface area contributed by atoms with Crippen LogP contribution < -0.4 is 10.6 Å². The number of fused-ring (bicyclic) bond motifs is 1. The van der Waals surface area contributed by atoms with Crippen molar-refractivity contribution in [2.75, 3.05) is 33.1 Å². The minimum atomic E-state index is -1.41. The van der Waals surface area contributed by atoms with Crippen LogP contribution in [0.3, 0.4) is 0 Å². The number of esters is 1. The van der Waals surface area contributed by atoms with Crippen molar-refractivity contribution in [3.63, 3.8) is 0 Å². The van der Waals surface area contributed by atoms with Gasteiger partial charge >= 0.3 is 5.97 Å². The Morgan fingerprint density at radius 3 is 2.18 bits per heavy atom. The zero-order chi connectivity index (χ0) is 33.5. The lowest BCUT2D eigenvalue weighted by Crippen LogP contribution is -2.61. The standard InChI is InChI=1S/C30H50ClN5O8/c1-9-17(4)23-29(42)35(8)24(16(2)3)30(43)34(7)19(6)26(39)32-12-10-22(38)44-21(14-20(37)15-31)28(41)36-13-11-18(5)25(36)27(40)33-23/h16-21,23-25,37H,9-15H2,1-8H3,(H,32,39)(H,33,40)/t17-,18-,19-,20-,21+,23-,24?,25-/m0/s1. The van der Waals surface area contributed by atoms with Crippen LogP contribution in [0, 0.1) is 17.8 Å². The van der Waals surface area contributed by atoms with E-state index >= 15 is 0 Å². The monoisotopic (exact) mass is 643 g/mol. The van der Waals surface area contributed by atoms with Crippen LogP contribution in [0.2, 0.25) is 0 Å². The molecule has 0 aromatic carbocycles. The molecule has 2 fully saturated rings. The fraction of sp³-hybridized carbons (Fsp3) is 0.800. The molecule has 8 atom stereocenters. The maximum Gasteiger partial charge on any atom is 0.308 e. The van der Waals surface area contributed by atoms with E-state index in [9.17, 15) is 33.9 Å². The van der Waals surface area contributed by atoms with E-state index in [4.69, 9.17) is 16.3 Å². The summed E-state index contributed by atoms with van der Waals surface area (Å²) in [6.07, 6.45) is -2.09. The minimum absolute atomic E-state index is 0.128. The number of carbonyl (C=O) groups is 6. The Balaban J connectivity index is 2.59. The number of nitrogens with zero attached hydrogens (tertiary/aromatic N) is 3. The predicted molar refractivity (Wildman–Crippen MR) is 163 cm³/mol. The van der Waals surface area contributed by atoms with Crippen LogP contribution in [0.25, 0.3) is 0 Å². The average Bonchev–Trinajstić information content (AvgIpc) is 3.37. The minimum Gasteiger partial charge on any atom is -0.452 e. The largest absolute Gasteiger partial charge is 0.452 e. The summed E-state index contributed by atoms with van der Waals surface area (Å²) < 4.78 is 5.47. The fourth-order valence-electron chi connectivity index (χ4n) is 5.69. The number of halogens is 1. The van der Waals surface area contributed by atoms with Gasteiger partial charge in [0.25, 0.3) is 5.91 Å². The number of aliphatic hydroxyl groups is 1. The van der Waals surface area contributed by atoms with Crippen molar-refractivity contribution in [2.24, 2.45) is 17.8 Å². The molecule has 0 aromatic heterocycles. The molecule has 2 heterocycles. The zero-order valence-corrected chi connectivity index (χ0v) is 27.9. The summed E-state index contributed by atoms with van der Waals surface area (Å²) in [4.78, 5) is 84.9. The lowest BCUT2D eigenvalue weighted by atomic mass is 9.94. The summed E-state index contributed by atoms with van der Waals surface area (Å²) in [5.41, 5.74) is 0. The molecule has 0 aliphatic carbocycles. The van der Waals surface area contributed by atoms with Gasteiger partial charge in [0, 0.05) is 39.5 Å². The Labute approximate surface area is 265 Å². The number of ether oxygens (including phenoxy) is 1. The van der Waals surface area contributed by atoms with E-state index in [1.807, 2.05) is 20.8 Å². The average molecular weight is 644 g/mol. The van der Waals surface area contributed by atoms with E-state index < -0.39 is 71.9 Å². The molecule has 0 bridgehead atoms. The second kappa shape index (κ2) is 16.4. The highest BCUT2D eigenvalue weighted by atomic mass is 35.5. The number of rotatable bonds is 6. The van der Waals surface area contributed by atoms with E-state index in [1.165, 1.54) is 35.7 Å². The van der Waals surface area contributed by atoms with Crippen LogP contribution in [0.15, 0.2) is 0 Å². The molecule has 2 aliphatic heterocycles. The third-order valence-electron chi connectivity index (χ3n) is 8.83. The normalized spacial score (nSPS) is 30.2. The van der Waals surface area contributed by atoms with Crippen LogP contribution >= 0.6 is 11.6 Å². The Morgan fingerprint density at radius 1 is 0.977 bits per heavy atom. The Bertz CT molecular complexity index is 1070. The van der Waals surface area contributed by atoms with Crippen LogP contribution in [-0.2, 0) is 33.5 Å². The van der Waals surface area contributed by atoms with Gasteiger partial charge in [-0.1, -0.05) is 41.0 Å². The summed E-state index contributed by atoms with van der Waals surface area (Å²) in [7, 11) is 2.98. The zero-order valence-electron chi connectivity index (χ0n) is 27.2. The number of alkyl halides is 1. The van der Waals surface area contributed by atoms with Gasteiger partial charge in [-0.05, 0) is 31.1 Å². The molecule has 44 heavy (non-hydrogen) atoms. The summed E-state index contributed by atoms with van der Waals surface area (Å²) >= 11 is 5.78. The number of likely N-dealkylation sites (N-methyl/N-ethyl adjacent to an activating group) is 2. The maximum absolute atomic E-state index is 14.0. The number of amides is 5. The van der Waals surface area contributed by atoms with Crippen molar-refractivity contribution in [3.8, 4) is 0 Å². The van der Waals surface area contributed by atoms with Crippen molar-refractivity contribution < 1.29 is 38.6 Å². The third-order valence-corrected chi connectivity index (χ3v) is 9.18. The molecule has 0 aromatic rings. The van der Waals surface area contributed by atoms with Gasteiger partial charge in [-0.25, -0.2) is 0 Å². The van der Waals surface area contributed by atoms with E-state index in [1.54, 1.807) is 13.8 Å². The summed E-state index contributed by atoms with van der Waals surface area (Å²) in [5, 5.41) is 15.7. The smallest absolute Gasteiger partial charge is 0.308 e. The number of aliphatic hydroxyl groups excluding tert-OH is 1. The molecule has 0 radical (unpaired) electrons. The first kappa shape index (κ1) is 37.3. The van der Waals surface area contributed by atoms with Gasteiger partial charge in [0.1, 0.15) is 24.2 Å². The first-order valence-electron chi connectivity index (χ1n) is 15.4. The molecule has 13 nitrogen and oxygen atoms in total. The number of hydrogen-bond acceptors (Lipinski definition) is 8. The highest BCUT2D eigenvalue weighted by molar-refractivity contribution is 6.18. The lowest BCUT2D eigenvalue weighted by Gasteiger charge is -2.38. The van der Waals surface area contributed by atoms with Gasteiger partial charge in [-0.2, -0.15) is 0 Å². The molecule has 0 saturated carbocycles. The SMILES string of the molecule is CC[C@H](C)[C@@H]1NC(=O)[C@@H]2[C@@H](C)CCN2C(=O)[C@@H](C[C@H](O)CCl)OC(=O)CCNC(=O)[C@H](C)N(C)C(=O)C(C(C)C)N(C)C1=O. The molecule has 2 saturated heterocycles. The topological polar surface area (TPSA) is 166 Å². The quantitative estimate of drug-likeness (QED) is 0.278. The van der Waals surface area contributed by atoms with Crippen LogP contribution in [-0.4, -0.2) is 125 Å². The van der Waals surface area contributed by atoms with Gasteiger partial charge in [-0.15, -0.1) is 11.6 Å². The van der Waals surface area contributed by atoms with Crippen molar-refractivity contribution >= 4 is 47.1 Å².